The second-order valence-corrected chi connectivity index (χ2v) is 11.5. The third-order valence-corrected chi connectivity index (χ3v) is 7.75. The van der Waals surface area contributed by atoms with E-state index in [1.165, 1.54) is 6.07 Å². The van der Waals surface area contributed by atoms with Crippen LogP contribution in [0.5, 0.6) is 0 Å². The number of H-pyrrole nitrogens is 1. The number of piperidine rings is 1. The molecule has 1 aliphatic heterocycles. The molecular weight excluding hydrogens is 552 g/mol. The molecule has 4 rings (SSSR count). The molecular formula is C29H37F2N5O6. The predicted octanol–water partition coefficient (Wildman–Crippen LogP) is 1.84. The van der Waals surface area contributed by atoms with Crippen LogP contribution >= 0.6 is 0 Å². The molecule has 0 spiro atoms. The molecule has 1 aromatic heterocycles. The van der Waals surface area contributed by atoms with Crippen LogP contribution in [0.4, 0.5) is 8.78 Å². The Morgan fingerprint density at radius 1 is 1.05 bits per heavy atom. The molecule has 0 radical (unpaired) electrons. The fourth-order valence-electron chi connectivity index (χ4n) is 4.94. The molecule has 3 amide bonds. The number of hydrogen-bond acceptors (Lipinski definition) is 7. The number of rotatable bonds is 13. The van der Waals surface area contributed by atoms with Gasteiger partial charge in [-0.3, -0.25) is 24.0 Å². The molecule has 1 aliphatic carbocycles. The van der Waals surface area contributed by atoms with Gasteiger partial charge in [0.2, 0.25) is 11.8 Å². The number of halogens is 2. The van der Waals surface area contributed by atoms with Gasteiger partial charge in [-0.1, -0.05) is 26.7 Å². The standard InChI is InChI=1S/C29H37F2N5O6/c1-14(2)24(32)29(41)42-13-23(37)20(10-16-4-3-7-33-26(16)38)35-27(39)21(8-15-5-6-15)36-28(40)22-11-17-9-18(30)12-19(31)25(17)34-22/h9,11-12,14-16,20-21,24,34H,3-8,10,13,32H2,1-2H3,(H,33,38)(H,35,39)(H,36,40)/t16-,20?,21?,24?/m0/s1. The zero-order valence-electron chi connectivity index (χ0n) is 23.6. The Hall–Kier alpha value is -3.87. The largest absolute Gasteiger partial charge is 0.456 e. The molecule has 13 heteroatoms. The number of aromatic amines is 1. The molecule has 1 saturated carbocycles. The molecule has 1 aromatic carbocycles. The number of nitrogens with two attached hydrogens (primary N) is 1. The zero-order valence-corrected chi connectivity index (χ0v) is 23.6. The number of nitrogens with one attached hydrogen (secondary N) is 4. The van der Waals surface area contributed by atoms with E-state index in [1.807, 2.05) is 0 Å². The van der Waals surface area contributed by atoms with Crippen molar-refractivity contribution in [1.82, 2.24) is 20.9 Å². The molecule has 6 N–H and O–H groups in total. The summed E-state index contributed by atoms with van der Waals surface area (Å²) in [7, 11) is 0. The Morgan fingerprint density at radius 3 is 2.45 bits per heavy atom. The molecule has 1 saturated heterocycles. The van der Waals surface area contributed by atoms with E-state index in [2.05, 4.69) is 20.9 Å². The molecule has 2 fully saturated rings. The highest BCUT2D eigenvalue weighted by atomic mass is 19.1. The minimum absolute atomic E-state index is 0.0128. The van der Waals surface area contributed by atoms with Gasteiger partial charge >= 0.3 is 5.97 Å². The Kier molecular flexibility index (Phi) is 9.92. The quantitative estimate of drug-likeness (QED) is 0.222. The third kappa shape index (κ3) is 7.90. The van der Waals surface area contributed by atoms with Crippen LogP contribution in [0.3, 0.4) is 0 Å². The fourth-order valence-corrected chi connectivity index (χ4v) is 4.94. The number of carbonyl (C=O) groups excluding carboxylic acids is 5. The maximum absolute atomic E-state index is 14.2. The Bertz CT molecular complexity index is 1360. The zero-order chi connectivity index (χ0) is 30.6. The second kappa shape index (κ2) is 13.4. The van der Waals surface area contributed by atoms with E-state index in [-0.39, 0.29) is 40.8 Å². The molecule has 42 heavy (non-hydrogen) atoms. The maximum atomic E-state index is 14.2. The summed E-state index contributed by atoms with van der Waals surface area (Å²) in [5.41, 5.74) is 5.69. The van der Waals surface area contributed by atoms with E-state index in [0.717, 1.165) is 18.9 Å². The number of amides is 3. The summed E-state index contributed by atoms with van der Waals surface area (Å²) in [5.74, 6) is -5.20. The van der Waals surface area contributed by atoms with Gasteiger partial charge in [-0.05, 0) is 49.7 Å². The number of fused-ring (bicyclic) bond motifs is 1. The third-order valence-electron chi connectivity index (χ3n) is 7.75. The lowest BCUT2D eigenvalue weighted by atomic mass is 9.90. The topological polar surface area (TPSA) is 172 Å². The predicted molar refractivity (Wildman–Crippen MR) is 148 cm³/mol. The first-order chi connectivity index (χ1) is 19.9. The van der Waals surface area contributed by atoms with E-state index in [9.17, 15) is 32.8 Å². The number of esters is 1. The van der Waals surface area contributed by atoms with Gasteiger partial charge in [0.15, 0.2) is 12.4 Å². The number of hydrogen-bond donors (Lipinski definition) is 5. The van der Waals surface area contributed by atoms with Crippen LogP contribution in [0.25, 0.3) is 10.9 Å². The molecule has 3 unspecified atom stereocenters. The summed E-state index contributed by atoms with van der Waals surface area (Å²) < 4.78 is 32.9. The maximum Gasteiger partial charge on any atom is 0.323 e. The molecule has 2 aromatic rings. The van der Waals surface area contributed by atoms with Crippen molar-refractivity contribution in [2.24, 2.45) is 23.5 Å². The van der Waals surface area contributed by atoms with Crippen molar-refractivity contribution in [2.45, 2.75) is 70.5 Å². The van der Waals surface area contributed by atoms with Crippen LogP contribution in [0.1, 0.15) is 62.9 Å². The average molecular weight is 590 g/mol. The number of ketones is 1. The highest BCUT2D eigenvalue weighted by molar-refractivity contribution is 6.01. The smallest absolute Gasteiger partial charge is 0.323 e. The lowest BCUT2D eigenvalue weighted by molar-refractivity contribution is -0.151. The van der Waals surface area contributed by atoms with Crippen LogP contribution < -0.4 is 21.7 Å². The van der Waals surface area contributed by atoms with Crippen LogP contribution in [-0.2, 0) is 23.9 Å². The first kappa shape index (κ1) is 31.1. The van der Waals surface area contributed by atoms with E-state index in [0.29, 0.717) is 31.9 Å². The first-order valence-electron chi connectivity index (χ1n) is 14.2. The SMILES string of the molecule is CC(C)C(N)C(=O)OCC(=O)C(C[C@@H]1CCCNC1=O)NC(=O)C(CC1CC1)NC(=O)c1cc2cc(F)cc(F)c2[nH]1. The summed E-state index contributed by atoms with van der Waals surface area (Å²) in [5, 5.41) is 8.22. The lowest BCUT2D eigenvalue weighted by Gasteiger charge is -2.28. The lowest BCUT2D eigenvalue weighted by Crippen LogP contribution is -2.54. The van der Waals surface area contributed by atoms with Crippen LogP contribution in [0.15, 0.2) is 18.2 Å². The fraction of sp³-hybridized carbons (Fsp3) is 0.552. The number of benzene rings is 1. The van der Waals surface area contributed by atoms with Crippen LogP contribution in [0.2, 0.25) is 0 Å². The van der Waals surface area contributed by atoms with E-state index >= 15 is 0 Å². The van der Waals surface area contributed by atoms with Crippen molar-refractivity contribution < 1.29 is 37.5 Å². The van der Waals surface area contributed by atoms with Gasteiger partial charge in [0, 0.05) is 23.9 Å². The number of Topliss-reactive ketones (excluding diaryl/α,β-unsaturated/α-hetero) is 1. The summed E-state index contributed by atoms with van der Waals surface area (Å²) >= 11 is 0. The Balaban J connectivity index is 1.48. The normalized spacial score (nSPS) is 19.1. The van der Waals surface area contributed by atoms with Crippen LogP contribution in [0, 0.1) is 29.4 Å². The summed E-state index contributed by atoms with van der Waals surface area (Å²) in [6.07, 6.45) is 3.24. The van der Waals surface area contributed by atoms with E-state index < -0.39 is 65.9 Å². The minimum Gasteiger partial charge on any atom is -0.456 e. The van der Waals surface area contributed by atoms with Crippen molar-refractivity contribution in [1.29, 1.82) is 0 Å². The Labute approximate surface area is 241 Å². The number of aromatic nitrogens is 1. The highest BCUT2D eigenvalue weighted by Crippen LogP contribution is 2.34. The van der Waals surface area contributed by atoms with Gasteiger partial charge in [0.05, 0.1) is 11.6 Å². The molecule has 4 atom stereocenters. The molecule has 0 bridgehead atoms. The van der Waals surface area contributed by atoms with E-state index in [1.54, 1.807) is 13.8 Å². The second-order valence-electron chi connectivity index (χ2n) is 11.5. The van der Waals surface area contributed by atoms with Gasteiger partial charge in [-0.2, -0.15) is 0 Å². The molecule has 2 aliphatic rings. The first-order valence-corrected chi connectivity index (χ1v) is 14.2. The summed E-state index contributed by atoms with van der Waals surface area (Å²) in [4.78, 5) is 67.0. The van der Waals surface area contributed by atoms with Crippen molar-refractivity contribution in [3.63, 3.8) is 0 Å². The monoisotopic (exact) mass is 589 g/mol. The molecule has 11 nitrogen and oxygen atoms in total. The van der Waals surface area contributed by atoms with Crippen molar-refractivity contribution in [3.05, 3.63) is 35.5 Å². The average Bonchev–Trinajstić information content (AvgIpc) is 3.66. The molecule has 228 valence electrons. The summed E-state index contributed by atoms with van der Waals surface area (Å²) in [6, 6.07) is -0.0844. The number of carbonyl (C=O) groups is 5. The van der Waals surface area contributed by atoms with Gasteiger partial charge < -0.3 is 31.4 Å². The van der Waals surface area contributed by atoms with Crippen molar-refractivity contribution in [2.75, 3.05) is 13.2 Å². The van der Waals surface area contributed by atoms with Gasteiger partial charge in [-0.25, -0.2) is 8.78 Å². The van der Waals surface area contributed by atoms with E-state index in [4.69, 9.17) is 10.5 Å². The summed E-state index contributed by atoms with van der Waals surface area (Å²) in [6.45, 7) is 3.34. The number of ether oxygens (including phenoxy) is 1. The molecule has 2 heterocycles. The van der Waals surface area contributed by atoms with Gasteiger partial charge in [-0.15, -0.1) is 0 Å². The Morgan fingerprint density at radius 2 is 1.79 bits per heavy atom. The van der Waals surface area contributed by atoms with Crippen LogP contribution in [-0.4, -0.2) is 65.7 Å². The highest BCUT2D eigenvalue weighted by Gasteiger charge is 2.35. The van der Waals surface area contributed by atoms with Gasteiger partial charge in [0.25, 0.3) is 5.91 Å². The minimum atomic E-state index is -1.17. The van der Waals surface area contributed by atoms with Gasteiger partial charge in [0.1, 0.15) is 29.4 Å². The van der Waals surface area contributed by atoms with Crippen molar-refractivity contribution in [3.8, 4) is 0 Å². The van der Waals surface area contributed by atoms with Crippen molar-refractivity contribution >= 4 is 40.4 Å².